The monoisotopic (exact) mass is 768 g/mol. The van der Waals surface area contributed by atoms with E-state index in [0.29, 0.717) is 17.7 Å². The number of benzene rings is 8. The summed E-state index contributed by atoms with van der Waals surface area (Å²) in [5.41, 5.74) is 11.5. The molecule has 6 heterocycles. The van der Waals surface area contributed by atoms with Crippen LogP contribution in [0, 0.1) is 0 Å². The topological polar surface area (TPSA) is 70.2 Å². The smallest absolute Gasteiger partial charge is 0.266 e. The first-order valence-corrected chi connectivity index (χ1v) is 20.1. The molecule has 60 heavy (non-hydrogen) atoms. The first kappa shape index (κ1) is 31.9. The van der Waals surface area contributed by atoms with Crippen LogP contribution < -0.4 is 30.8 Å². The fraction of sp³-hybridized carbons (Fsp3) is 0. The summed E-state index contributed by atoms with van der Waals surface area (Å²) in [7, 11) is 0. The highest BCUT2D eigenvalue weighted by Crippen LogP contribution is 2.45. The molecule has 9 heteroatoms. The van der Waals surface area contributed by atoms with Crippen LogP contribution in [-0.4, -0.2) is 30.8 Å². The van der Waals surface area contributed by atoms with Gasteiger partial charge in [-0.3, -0.25) is 9.13 Å². The van der Waals surface area contributed by atoms with Crippen LogP contribution in [0.15, 0.2) is 176 Å². The van der Waals surface area contributed by atoms with Crippen molar-refractivity contribution in [2.75, 3.05) is 4.90 Å². The number of rotatable bonds is 4. The largest absolute Gasteiger partial charge is 0.458 e. The summed E-state index contributed by atoms with van der Waals surface area (Å²) in [5.74, 6) is 5.09. The van der Waals surface area contributed by atoms with E-state index in [0.717, 1.165) is 106 Å². The van der Waals surface area contributed by atoms with Crippen molar-refractivity contribution in [3.05, 3.63) is 176 Å². The van der Waals surface area contributed by atoms with Gasteiger partial charge < -0.3 is 14.4 Å². The first-order valence-electron chi connectivity index (χ1n) is 20.1. The quantitative estimate of drug-likeness (QED) is 0.166. The van der Waals surface area contributed by atoms with E-state index < -0.39 is 0 Å². The van der Waals surface area contributed by atoms with Crippen LogP contribution in [0.1, 0.15) is 0 Å². The second kappa shape index (κ2) is 11.7. The molecule has 0 N–H and O–H groups in total. The second-order valence-corrected chi connectivity index (χ2v) is 15.6. The van der Waals surface area contributed by atoms with E-state index in [9.17, 15) is 0 Å². The van der Waals surface area contributed by atoms with Gasteiger partial charge in [-0.15, -0.1) is 0 Å². The van der Waals surface area contributed by atoms with Crippen LogP contribution in [0.5, 0.6) is 23.0 Å². The molecule has 0 radical (unpaired) electrons. The Bertz CT molecular complexity index is 3340. The predicted octanol–water partition coefficient (Wildman–Crippen LogP) is 10.2. The van der Waals surface area contributed by atoms with Gasteiger partial charge in [0.1, 0.15) is 23.0 Å². The van der Waals surface area contributed by atoms with Crippen molar-refractivity contribution >= 4 is 83.8 Å². The van der Waals surface area contributed by atoms with Gasteiger partial charge in [-0.05, 0) is 95.9 Å². The molecule has 0 amide bonds. The highest BCUT2D eigenvalue weighted by Gasteiger charge is 2.47. The summed E-state index contributed by atoms with van der Waals surface area (Å²) < 4.78 is 17.5. The lowest BCUT2D eigenvalue weighted by atomic mass is 9.33. The molecule has 3 aromatic heterocycles. The summed E-state index contributed by atoms with van der Waals surface area (Å²) in [6, 6.07) is 61.1. The Morgan fingerprint density at radius 2 is 0.767 bits per heavy atom. The van der Waals surface area contributed by atoms with Crippen molar-refractivity contribution < 1.29 is 9.47 Å². The standard InChI is InChI=1S/C51H29BN6O2/c1-5-16-36-32(12-1)33-13-2-6-17-37(33)57(36)50-53-49(54-51(55-50)58-38-18-7-3-14-34(38)35-15-4-8-19-39(35)58)30-26-28-31(29-27-30)56-40-20-9-22-42-46(40)52-47-41(56)21-10-23-43(47)60-45-25-11-24-44(59-42)48(45)52/h1-29H. The molecule has 0 aliphatic carbocycles. The summed E-state index contributed by atoms with van der Waals surface area (Å²) in [6.07, 6.45) is 0. The lowest BCUT2D eigenvalue weighted by Gasteiger charge is -2.42. The number of aromatic nitrogens is 5. The lowest BCUT2D eigenvalue weighted by molar-refractivity contribution is 0.464. The van der Waals surface area contributed by atoms with Gasteiger partial charge in [0.25, 0.3) is 6.71 Å². The van der Waals surface area contributed by atoms with Crippen molar-refractivity contribution in [3.63, 3.8) is 0 Å². The van der Waals surface area contributed by atoms with Crippen LogP contribution in [0.2, 0.25) is 0 Å². The number of fused-ring (bicyclic) bond motifs is 6. The van der Waals surface area contributed by atoms with Crippen LogP contribution in [0.25, 0.3) is 66.9 Å². The Balaban J connectivity index is 0.973. The summed E-state index contributed by atoms with van der Waals surface area (Å²) in [6.45, 7) is 0.00961. The molecule has 8 aromatic carbocycles. The number of hydrogen-bond acceptors (Lipinski definition) is 6. The van der Waals surface area contributed by atoms with Gasteiger partial charge in [0.2, 0.25) is 11.9 Å². The molecule has 0 bridgehead atoms. The first-order chi connectivity index (χ1) is 29.8. The molecule has 278 valence electrons. The zero-order valence-corrected chi connectivity index (χ0v) is 31.8. The Morgan fingerprint density at radius 3 is 1.22 bits per heavy atom. The SMILES string of the molecule is c1cc2c3c(c1)Oc1cccc4c1B3c1c(cccc1N4c1ccc(-c3nc(-n4c5ccccc5c5ccccc54)nc(-n4c5ccccc5c5ccccc54)n3)cc1)O2. The van der Waals surface area contributed by atoms with E-state index >= 15 is 0 Å². The van der Waals surface area contributed by atoms with Crippen LogP contribution >= 0.6 is 0 Å². The fourth-order valence-electron chi connectivity index (χ4n) is 10.00. The lowest BCUT2D eigenvalue weighted by Crippen LogP contribution is -2.61. The van der Waals surface area contributed by atoms with Crippen LogP contribution in [0.4, 0.5) is 17.1 Å². The number of hydrogen-bond donors (Lipinski definition) is 0. The molecule has 14 rings (SSSR count). The van der Waals surface area contributed by atoms with E-state index in [2.05, 4.69) is 172 Å². The third-order valence-electron chi connectivity index (χ3n) is 12.5. The van der Waals surface area contributed by atoms with Crippen molar-refractivity contribution in [1.29, 1.82) is 0 Å². The van der Waals surface area contributed by atoms with E-state index in [4.69, 9.17) is 24.4 Å². The van der Waals surface area contributed by atoms with Gasteiger partial charge in [0.05, 0.1) is 22.1 Å². The van der Waals surface area contributed by atoms with E-state index in [1.54, 1.807) is 0 Å². The average Bonchev–Trinajstić information content (AvgIpc) is 3.82. The highest BCUT2D eigenvalue weighted by molar-refractivity contribution is 7.00. The maximum atomic E-state index is 6.57. The molecule has 0 fully saturated rings. The predicted molar refractivity (Wildman–Crippen MR) is 240 cm³/mol. The van der Waals surface area contributed by atoms with E-state index in [1.807, 2.05) is 18.2 Å². The number of ether oxygens (including phenoxy) is 2. The molecule has 0 spiro atoms. The van der Waals surface area contributed by atoms with Crippen molar-refractivity contribution in [2.45, 2.75) is 0 Å². The molecule has 3 aliphatic rings. The van der Waals surface area contributed by atoms with Crippen molar-refractivity contribution in [3.8, 4) is 46.3 Å². The zero-order chi connectivity index (χ0) is 39.1. The fourth-order valence-corrected chi connectivity index (χ4v) is 10.00. The maximum Gasteiger partial charge on any atom is 0.266 e. The Morgan fingerprint density at radius 1 is 0.367 bits per heavy atom. The zero-order valence-electron chi connectivity index (χ0n) is 31.8. The number of para-hydroxylation sites is 4. The van der Waals surface area contributed by atoms with Crippen molar-refractivity contribution in [2.24, 2.45) is 0 Å². The Kier molecular flexibility index (Phi) is 6.22. The third-order valence-corrected chi connectivity index (χ3v) is 12.5. The van der Waals surface area contributed by atoms with Gasteiger partial charge >= 0.3 is 0 Å². The van der Waals surface area contributed by atoms with Gasteiger partial charge in [-0.2, -0.15) is 15.0 Å². The minimum atomic E-state index is 0.00961. The molecule has 0 atom stereocenters. The van der Waals surface area contributed by atoms with Crippen molar-refractivity contribution in [1.82, 2.24) is 24.1 Å². The number of nitrogens with zero attached hydrogens (tertiary/aromatic N) is 6. The molecule has 3 aliphatic heterocycles. The minimum Gasteiger partial charge on any atom is -0.458 e. The summed E-state index contributed by atoms with van der Waals surface area (Å²) in [5, 5.41) is 4.57. The Labute approximate surface area is 343 Å². The van der Waals surface area contributed by atoms with Crippen LogP contribution in [0.3, 0.4) is 0 Å². The molecule has 11 aromatic rings. The third kappa shape index (κ3) is 4.22. The molecular weight excluding hydrogens is 739 g/mol. The molecule has 0 saturated carbocycles. The Hall–Kier alpha value is -8.17. The molecule has 0 unspecified atom stereocenters. The van der Waals surface area contributed by atoms with Gasteiger partial charge in [0, 0.05) is 49.6 Å². The molecule has 8 nitrogen and oxygen atoms in total. The number of anilines is 3. The summed E-state index contributed by atoms with van der Waals surface area (Å²) in [4.78, 5) is 18.2. The van der Waals surface area contributed by atoms with E-state index in [-0.39, 0.29) is 6.71 Å². The normalized spacial score (nSPS) is 13.2. The van der Waals surface area contributed by atoms with E-state index in [1.165, 1.54) is 0 Å². The summed E-state index contributed by atoms with van der Waals surface area (Å²) >= 11 is 0. The molecule has 0 saturated heterocycles. The second-order valence-electron chi connectivity index (χ2n) is 15.6. The molecular formula is C51H29BN6O2. The average molecular weight is 769 g/mol. The highest BCUT2D eigenvalue weighted by atomic mass is 16.5. The minimum absolute atomic E-state index is 0.00961. The van der Waals surface area contributed by atoms with Gasteiger partial charge in [-0.25, -0.2) is 0 Å². The maximum absolute atomic E-state index is 6.57. The van der Waals surface area contributed by atoms with Crippen LogP contribution in [-0.2, 0) is 0 Å². The van der Waals surface area contributed by atoms with Gasteiger partial charge in [0.15, 0.2) is 5.82 Å². The van der Waals surface area contributed by atoms with Gasteiger partial charge in [-0.1, -0.05) is 91.0 Å².